The molecule has 0 spiro atoms. The lowest BCUT2D eigenvalue weighted by atomic mass is 9.71. The van der Waals surface area contributed by atoms with Crippen molar-refractivity contribution in [2.45, 2.75) is 37.5 Å². The topological polar surface area (TPSA) is 145 Å². The predicted molar refractivity (Wildman–Crippen MR) is 141 cm³/mol. The second-order valence-electron chi connectivity index (χ2n) is 9.79. The third kappa shape index (κ3) is 4.51. The van der Waals surface area contributed by atoms with Crippen LogP contribution in [0.4, 0.5) is 0 Å². The largest absolute Gasteiger partial charge is 0.458 e. The van der Waals surface area contributed by atoms with Crippen LogP contribution in [0, 0.1) is 0 Å². The fraction of sp³-hybridized carbons (Fsp3) is 0.267. The van der Waals surface area contributed by atoms with E-state index >= 15 is 0 Å². The van der Waals surface area contributed by atoms with Crippen LogP contribution in [0.25, 0.3) is 0 Å². The summed E-state index contributed by atoms with van der Waals surface area (Å²) >= 11 is 0. The van der Waals surface area contributed by atoms with E-state index < -0.39 is 35.6 Å². The summed E-state index contributed by atoms with van der Waals surface area (Å²) in [5.74, 6) is -4.02. The third-order valence-corrected chi connectivity index (χ3v) is 7.54. The molecule has 4 amide bonds. The first kappa shape index (κ1) is 26.7. The number of hydrogen-bond donors (Lipinski definition) is 2. The van der Waals surface area contributed by atoms with Crippen molar-refractivity contribution in [2.24, 2.45) is 0 Å². The fourth-order valence-electron chi connectivity index (χ4n) is 5.87. The Hall–Kier alpha value is -4.86. The average molecular weight is 543 g/mol. The van der Waals surface area contributed by atoms with E-state index in [2.05, 4.69) is 23.8 Å². The number of carbonyl (C=O) groups is 6. The van der Waals surface area contributed by atoms with Crippen molar-refractivity contribution in [3.8, 4) is 0 Å². The lowest BCUT2D eigenvalue weighted by Gasteiger charge is -2.32. The Bertz CT molecular complexity index is 1400. The summed E-state index contributed by atoms with van der Waals surface area (Å²) in [7, 11) is 0. The number of hydrogen-bond acceptors (Lipinski definition) is 8. The third-order valence-electron chi connectivity index (χ3n) is 7.54. The number of ether oxygens (including phenoxy) is 2. The first-order valence-corrected chi connectivity index (χ1v) is 12.9. The molecule has 2 heterocycles. The van der Waals surface area contributed by atoms with Gasteiger partial charge < -0.3 is 9.47 Å². The van der Waals surface area contributed by atoms with Crippen LogP contribution < -0.4 is 10.6 Å². The second-order valence-corrected chi connectivity index (χ2v) is 9.79. The van der Waals surface area contributed by atoms with E-state index in [1.54, 1.807) is 0 Å². The maximum atomic E-state index is 12.9. The van der Waals surface area contributed by atoms with Crippen molar-refractivity contribution in [2.75, 3.05) is 13.2 Å². The first-order valence-electron chi connectivity index (χ1n) is 12.9. The van der Waals surface area contributed by atoms with Gasteiger partial charge in [0, 0.05) is 0 Å². The molecule has 1 aliphatic carbocycles. The highest BCUT2D eigenvalue weighted by molar-refractivity contribution is 6.24. The number of amides is 4. The van der Waals surface area contributed by atoms with E-state index in [0.29, 0.717) is 36.8 Å². The molecular weight excluding hydrogens is 516 g/mol. The summed E-state index contributed by atoms with van der Waals surface area (Å²) in [6.45, 7) is 7.07. The molecule has 2 aromatic carbocycles. The maximum Gasteiger partial charge on any atom is 0.338 e. The molecule has 0 unspecified atom stereocenters. The van der Waals surface area contributed by atoms with Gasteiger partial charge in [0.15, 0.2) is 0 Å². The van der Waals surface area contributed by atoms with Gasteiger partial charge >= 0.3 is 11.9 Å². The SMILES string of the molecule is C=CCOC(=O)c1ccc2c(c1C1CCC(c3c(C(=O)OCC=C)ccc4c3C(=O)NC4=O)CC1)C(=O)NC2=O. The van der Waals surface area contributed by atoms with Gasteiger partial charge in [0.25, 0.3) is 23.6 Å². The molecule has 3 aliphatic rings. The van der Waals surface area contributed by atoms with Gasteiger partial charge in [-0.05, 0) is 72.9 Å². The smallest absolute Gasteiger partial charge is 0.338 e. The lowest BCUT2D eigenvalue weighted by Crippen LogP contribution is -2.24. The molecule has 2 aromatic rings. The molecule has 5 rings (SSSR count). The van der Waals surface area contributed by atoms with Crippen LogP contribution in [0.1, 0.15) is 111 Å². The van der Waals surface area contributed by atoms with Crippen molar-refractivity contribution >= 4 is 35.6 Å². The molecule has 0 saturated heterocycles. The molecule has 10 heteroatoms. The van der Waals surface area contributed by atoms with Gasteiger partial charge in [0.1, 0.15) is 13.2 Å². The maximum absolute atomic E-state index is 12.9. The van der Waals surface area contributed by atoms with Crippen molar-refractivity contribution in [3.63, 3.8) is 0 Å². The zero-order valence-corrected chi connectivity index (χ0v) is 21.5. The molecule has 10 nitrogen and oxygen atoms in total. The summed E-state index contributed by atoms with van der Waals surface area (Å²) in [6, 6.07) is 5.88. The van der Waals surface area contributed by atoms with Crippen LogP contribution in [0.3, 0.4) is 0 Å². The van der Waals surface area contributed by atoms with E-state index in [4.69, 9.17) is 9.47 Å². The Morgan fingerprint density at radius 2 is 1.05 bits per heavy atom. The molecule has 40 heavy (non-hydrogen) atoms. The van der Waals surface area contributed by atoms with Crippen LogP contribution >= 0.6 is 0 Å². The highest BCUT2D eigenvalue weighted by Crippen LogP contribution is 2.46. The molecule has 1 saturated carbocycles. The summed E-state index contributed by atoms with van der Waals surface area (Å²) in [4.78, 5) is 76.1. The Labute approximate surface area is 229 Å². The number of imide groups is 2. The first-order chi connectivity index (χ1) is 19.3. The normalized spacial score (nSPS) is 19.3. The van der Waals surface area contributed by atoms with E-state index in [1.165, 1.54) is 36.4 Å². The summed E-state index contributed by atoms with van der Waals surface area (Å²) < 4.78 is 10.5. The van der Waals surface area contributed by atoms with Crippen LogP contribution in [-0.2, 0) is 9.47 Å². The summed E-state index contributed by atoms with van der Waals surface area (Å²) in [5, 5.41) is 4.60. The monoisotopic (exact) mass is 542 g/mol. The highest BCUT2D eigenvalue weighted by atomic mass is 16.5. The van der Waals surface area contributed by atoms with E-state index in [-0.39, 0.29) is 58.4 Å². The Balaban J connectivity index is 1.51. The predicted octanol–water partition coefficient (Wildman–Crippen LogP) is 3.58. The number of benzene rings is 2. The molecular formula is C30H26N2O8. The fourth-order valence-corrected chi connectivity index (χ4v) is 5.87. The Kier molecular flexibility index (Phi) is 7.17. The number of esters is 2. The molecule has 2 aliphatic heterocycles. The molecule has 0 bridgehead atoms. The zero-order valence-electron chi connectivity index (χ0n) is 21.5. The standard InChI is InChI=1S/C30H26N2O8/c1-3-13-39-29(37)19-11-9-17-23(27(35)31-25(17)33)21(19)15-5-7-16(8-6-15)22-20(30(38)40-14-4-2)12-10-18-24(22)28(36)32-26(18)34/h3-4,9-12,15-16H,1-2,5-8,13-14H2,(H,31,33,35)(H,32,34,36). The molecule has 0 radical (unpaired) electrons. The molecule has 2 N–H and O–H groups in total. The summed E-state index contributed by atoms with van der Waals surface area (Å²) in [6.07, 6.45) is 4.78. The van der Waals surface area contributed by atoms with Gasteiger partial charge in [-0.15, -0.1) is 0 Å². The van der Waals surface area contributed by atoms with E-state index in [9.17, 15) is 28.8 Å². The van der Waals surface area contributed by atoms with E-state index in [0.717, 1.165) is 0 Å². The van der Waals surface area contributed by atoms with Gasteiger partial charge in [-0.3, -0.25) is 29.8 Å². The van der Waals surface area contributed by atoms with Crippen LogP contribution in [0.15, 0.2) is 49.6 Å². The molecule has 204 valence electrons. The minimum absolute atomic E-state index is 0.0160. The number of rotatable bonds is 8. The van der Waals surface area contributed by atoms with Crippen LogP contribution in [-0.4, -0.2) is 48.8 Å². The second kappa shape index (κ2) is 10.7. The minimum atomic E-state index is -0.629. The van der Waals surface area contributed by atoms with Crippen molar-refractivity contribution in [1.29, 1.82) is 0 Å². The molecule has 0 aromatic heterocycles. The minimum Gasteiger partial charge on any atom is -0.458 e. The van der Waals surface area contributed by atoms with Crippen LogP contribution in [0.5, 0.6) is 0 Å². The van der Waals surface area contributed by atoms with Crippen molar-refractivity contribution < 1.29 is 38.2 Å². The average Bonchev–Trinajstić information content (AvgIpc) is 3.42. The van der Waals surface area contributed by atoms with Gasteiger partial charge in [0.05, 0.1) is 33.4 Å². The Morgan fingerprint density at radius 1 is 0.675 bits per heavy atom. The Morgan fingerprint density at radius 3 is 1.40 bits per heavy atom. The lowest BCUT2D eigenvalue weighted by molar-refractivity contribution is 0.0537. The van der Waals surface area contributed by atoms with Crippen molar-refractivity contribution in [3.05, 3.63) is 94.1 Å². The molecule has 0 atom stereocenters. The number of nitrogens with one attached hydrogen (secondary N) is 2. The molecule has 1 fully saturated rings. The number of carbonyl (C=O) groups excluding carboxylic acids is 6. The van der Waals surface area contributed by atoms with Crippen LogP contribution in [0.2, 0.25) is 0 Å². The van der Waals surface area contributed by atoms with Gasteiger partial charge in [-0.1, -0.05) is 25.3 Å². The van der Waals surface area contributed by atoms with Gasteiger partial charge in [-0.2, -0.15) is 0 Å². The van der Waals surface area contributed by atoms with Gasteiger partial charge in [-0.25, -0.2) is 9.59 Å². The zero-order chi connectivity index (χ0) is 28.6. The number of fused-ring (bicyclic) bond motifs is 2. The highest BCUT2D eigenvalue weighted by Gasteiger charge is 2.40. The van der Waals surface area contributed by atoms with E-state index in [1.807, 2.05) is 0 Å². The van der Waals surface area contributed by atoms with Crippen molar-refractivity contribution in [1.82, 2.24) is 10.6 Å². The van der Waals surface area contributed by atoms with Gasteiger partial charge in [0.2, 0.25) is 0 Å². The summed E-state index contributed by atoms with van der Waals surface area (Å²) in [5.41, 5.74) is 2.04. The quantitative estimate of drug-likeness (QED) is 0.293.